The van der Waals surface area contributed by atoms with E-state index in [-0.39, 0.29) is 6.61 Å². The number of aromatic nitrogens is 2. The number of halogens is 1. The highest BCUT2D eigenvalue weighted by molar-refractivity contribution is 6.30. The van der Waals surface area contributed by atoms with E-state index >= 15 is 0 Å². The maximum Gasteiger partial charge on any atom is 0.0682 e. The molecular weight excluding hydrogens is 358 g/mol. The molecular formula is C22H26ClN3O. The minimum atomic E-state index is 0.0585. The zero-order valence-electron chi connectivity index (χ0n) is 15.9. The maximum atomic E-state index is 9.46. The van der Waals surface area contributed by atoms with E-state index in [4.69, 9.17) is 11.6 Å². The standard InChI is InChI=1S/C22H26ClN3O/c1-3-4-12-25(22-7-5-6-18(13-22)16-27)15-19-14-24-26(17(19)2)21-10-8-20(23)9-11-21/h5-11,13-14,27H,3-4,12,15-16H2,1-2H3. The highest BCUT2D eigenvalue weighted by Gasteiger charge is 2.13. The molecule has 1 aromatic heterocycles. The van der Waals surface area contributed by atoms with Gasteiger partial charge in [0.2, 0.25) is 0 Å². The van der Waals surface area contributed by atoms with E-state index in [2.05, 4.69) is 36.0 Å². The zero-order chi connectivity index (χ0) is 19.2. The molecule has 2 aromatic carbocycles. The first-order valence-electron chi connectivity index (χ1n) is 9.36. The summed E-state index contributed by atoms with van der Waals surface area (Å²) in [6.07, 6.45) is 4.20. The zero-order valence-corrected chi connectivity index (χ0v) is 16.7. The van der Waals surface area contributed by atoms with Crippen LogP contribution in [-0.4, -0.2) is 21.4 Å². The topological polar surface area (TPSA) is 41.3 Å². The van der Waals surface area contributed by atoms with Crippen LogP contribution in [0.3, 0.4) is 0 Å². The van der Waals surface area contributed by atoms with Gasteiger partial charge in [-0.15, -0.1) is 0 Å². The van der Waals surface area contributed by atoms with Crippen LogP contribution in [-0.2, 0) is 13.2 Å². The summed E-state index contributed by atoms with van der Waals surface area (Å²) in [5, 5.41) is 14.8. The molecule has 0 unspecified atom stereocenters. The molecule has 0 saturated heterocycles. The van der Waals surface area contributed by atoms with E-state index < -0.39 is 0 Å². The SMILES string of the molecule is CCCCN(Cc1cnn(-c2ccc(Cl)cc2)c1C)c1cccc(CO)c1. The van der Waals surface area contributed by atoms with Gasteiger partial charge in [0.05, 0.1) is 18.5 Å². The summed E-state index contributed by atoms with van der Waals surface area (Å²) < 4.78 is 1.95. The Morgan fingerprint density at radius 2 is 1.93 bits per heavy atom. The van der Waals surface area contributed by atoms with Gasteiger partial charge < -0.3 is 10.0 Å². The number of benzene rings is 2. The molecule has 4 nitrogen and oxygen atoms in total. The normalized spacial score (nSPS) is 11.0. The predicted molar refractivity (Wildman–Crippen MR) is 112 cm³/mol. The van der Waals surface area contributed by atoms with E-state index in [1.54, 1.807) is 0 Å². The Morgan fingerprint density at radius 3 is 2.63 bits per heavy atom. The van der Waals surface area contributed by atoms with Crippen molar-refractivity contribution < 1.29 is 5.11 Å². The van der Waals surface area contributed by atoms with Crippen LogP contribution in [0.25, 0.3) is 5.69 Å². The predicted octanol–water partition coefficient (Wildman–Crippen LogP) is 5.13. The summed E-state index contributed by atoms with van der Waals surface area (Å²) in [4.78, 5) is 2.36. The monoisotopic (exact) mass is 383 g/mol. The number of unbranched alkanes of at least 4 members (excludes halogenated alkanes) is 1. The van der Waals surface area contributed by atoms with Crippen LogP contribution in [0.5, 0.6) is 0 Å². The van der Waals surface area contributed by atoms with E-state index in [0.717, 1.165) is 53.6 Å². The van der Waals surface area contributed by atoms with Gasteiger partial charge in [0.15, 0.2) is 0 Å². The highest BCUT2D eigenvalue weighted by Crippen LogP contribution is 2.23. The molecule has 0 spiro atoms. The number of anilines is 1. The third kappa shape index (κ3) is 4.71. The molecule has 3 rings (SSSR count). The molecule has 0 aliphatic heterocycles. The Labute approximate surface area is 166 Å². The van der Waals surface area contributed by atoms with Gasteiger partial charge in [-0.2, -0.15) is 5.10 Å². The average molecular weight is 384 g/mol. The number of aliphatic hydroxyl groups is 1. The molecule has 1 heterocycles. The first-order chi connectivity index (χ1) is 13.1. The summed E-state index contributed by atoms with van der Waals surface area (Å²) in [5.41, 5.74) is 5.38. The van der Waals surface area contributed by atoms with Crippen molar-refractivity contribution in [2.75, 3.05) is 11.4 Å². The second-order valence-corrected chi connectivity index (χ2v) is 7.18. The summed E-state index contributed by atoms with van der Waals surface area (Å²) in [6.45, 7) is 6.11. The lowest BCUT2D eigenvalue weighted by atomic mass is 10.1. The number of nitrogens with zero attached hydrogens (tertiary/aromatic N) is 3. The van der Waals surface area contributed by atoms with Crippen LogP contribution in [0, 0.1) is 6.92 Å². The Bertz CT molecular complexity index is 874. The van der Waals surface area contributed by atoms with Crippen LogP contribution < -0.4 is 4.90 Å². The lowest BCUT2D eigenvalue weighted by Gasteiger charge is -2.25. The van der Waals surface area contributed by atoms with Crippen molar-refractivity contribution in [3.8, 4) is 5.69 Å². The average Bonchev–Trinajstić information content (AvgIpc) is 3.06. The van der Waals surface area contributed by atoms with Crippen molar-refractivity contribution >= 4 is 17.3 Å². The third-order valence-electron chi connectivity index (χ3n) is 4.78. The Balaban J connectivity index is 1.86. The number of rotatable bonds is 8. The molecule has 0 saturated carbocycles. The Hall–Kier alpha value is -2.30. The molecule has 0 bridgehead atoms. The highest BCUT2D eigenvalue weighted by atomic mass is 35.5. The maximum absolute atomic E-state index is 9.46. The van der Waals surface area contributed by atoms with Gasteiger partial charge in [-0.3, -0.25) is 0 Å². The van der Waals surface area contributed by atoms with Gasteiger partial charge in [0, 0.05) is 35.1 Å². The van der Waals surface area contributed by atoms with E-state index in [1.807, 2.05) is 47.3 Å². The van der Waals surface area contributed by atoms with E-state index in [1.165, 1.54) is 5.56 Å². The fourth-order valence-corrected chi connectivity index (χ4v) is 3.27. The molecule has 0 radical (unpaired) electrons. The van der Waals surface area contributed by atoms with Crippen molar-refractivity contribution in [3.63, 3.8) is 0 Å². The summed E-state index contributed by atoms with van der Waals surface area (Å²) >= 11 is 6.00. The van der Waals surface area contributed by atoms with Crippen molar-refractivity contribution in [3.05, 3.63) is 76.6 Å². The van der Waals surface area contributed by atoms with Crippen molar-refractivity contribution in [1.29, 1.82) is 0 Å². The van der Waals surface area contributed by atoms with Crippen molar-refractivity contribution in [2.45, 2.75) is 39.8 Å². The molecule has 1 N–H and O–H groups in total. The van der Waals surface area contributed by atoms with Gasteiger partial charge in [-0.1, -0.05) is 37.1 Å². The van der Waals surface area contributed by atoms with Crippen molar-refractivity contribution in [1.82, 2.24) is 9.78 Å². The van der Waals surface area contributed by atoms with Crippen molar-refractivity contribution in [2.24, 2.45) is 0 Å². The van der Waals surface area contributed by atoms with Gasteiger partial charge in [-0.25, -0.2) is 4.68 Å². The third-order valence-corrected chi connectivity index (χ3v) is 5.04. The lowest BCUT2D eigenvalue weighted by Crippen LogP contribution is -2.24. The van der Waals surface area contributed by atoms with Gasteiger partial charge >= 0.3 is 0 Å². The lowest BCUT2D eigenvalue weighted by molar-refractivity contribution is 0.282. The van der Waals surface area contributed by atoms with Crippen LogP contribution >= 0.6 is 11.6 Å². The second-order valence-electron chi connectivity index (χ2n) is 6.75. The molecule has 142 valence electrons. The summed E-state index contributed by atoms with van der Waals surface area (Å²) in [6, 6.07) is 15.8. The summed E-state index contributed by atoms with van der Waals surface area (Å²) in [5.74, 6) is 0. The minimum Gasteiger partial charge on any atom is -0.392 e. The van der Waals surface area contributed by atoms with Gasteiger partial charge in [-0.05, 0) is 55.3 Å². The largest absolute Gasteiger partial charge is 0.392 e. The number of hydrogen-bond acceptors (Lipinski definition) is 3. The van der Waals surface area contributed by atoms with Crippen LogP contribution in [0.1, 0.15) is 36.6 Å². The Morgan fingerprint density at radius 1 is 1.15 bits per heavy atom. The molecule has 0 fully saturated rings. The smallest absolute Gasteiger partial charge is 0.0682 e. The van der Waals surface area contributed by atoms with Crippen LogP contribution in [0.2, 0.25) is 5.02 Å². The summed E-state index contributed by atoms with van der Waals surface area (Å²) in [7, 11) is 0. The van der Waals surface area contributed by atoms with Gasteiger partial charge in [0.25, 0.3) is 0 Å². The van der Waals surface area contributed by atoms with E-state index in [0.29, 0.717) is 0 Å². The van der Waals surface area contributed by atoms with Gasteiger partial charge in [0.1, 0.15) is 0 Å². The molecule has 3 aromatic rings. The minimum absolute atomic E-state index is 0.0585. The van der Waals surface area contributed by atoms with Crippen LogP contribution in [0.4, 0.5) is 5.69 Å². The fraction of sp³-hybridized carbons (Fsp3) is 0.318. The fourth-order valence-electron chi connectivity index (χ4n) is 3.15. The number of aliphatic hydroxyl groups excluding tert-OH is 1. The molecule has 5 heteroatoms. The van der Waals surface area contributed by atoms with Crippen LogP contribution in [0.15, 0.2) is 54.7 Å². The van der Waals surface area contributed by atoms with E-state index in [9.17, 15) is 5.11 Å². The first kappa shape index (κ1) is 19.5. The molecule has 0 aliphatic rings. The molecule has 0 atom stereocenters. The Kier molecular flexibility index (Phi) is 6.54. The second kappa shape index (κ2) is 9.07. The number of hydrogen-bond donors (Lipinski definition) is 1. The molecule has 27 heavy (non-hydrogen) atoms. The molecule has 0 amide bonds. The quantitative estimate of drug-likeness (QED) is 0.586. The first-order valence-corrected chi connectivity index (χ1v) is 9.74. The molecule has 0 aliphatic carbocycles.